The van der Waals surface area contributed by atoms with Gasteiger partial charge in [-0.2, -0.15) is 0 Å². The van der Waals surface area contributed by atoms with Crippen LogP contribution in [0.1, 0.15) is 0 Å². The highest BCUT2D eigenvalue weighted by Crippen LogP contribution is 2.16. The zero-order valence-electron chi connectivity index (χ0n) is 8.60. The van der Waals surface area contributed by atoms with Crippen LogP contribution in [0, 0.1) is 0 Å². The largest absolute Gasteiger partial charge is 0.465 e. The van der Waals surface area contributed by atoms with Crippen molar-refractivity contribution in [1.29, 1.82) is 0 Å². The molecule has 16 heavy (non-hydrogen) atoms. The number of carbonyl (C=O) groups is 4. The number of esters is 2. The van der Waals surface area contributed by atoms with Crippen molar-refractivity contribution in [2.75, 3.05) is 14.2 Å². The Morgan fingerprint density at radius 3 is 1.44 bits per heavy atom. The first-order valence-electron chi connectivity index (χ1n) is 4.20. The Kier molecular flexibility index (Phi) is 3.34. The van der Waals surface area contributed by atoms with Gasteiger partial charge in [0.05, 0.1) is 14.2 Å². The summed E-state index contributed by atoms with van der Waals surface area (Å²) in [7, 11) is 2.08. The maximum Gasteiger partial charge on any atom is 0.342 e. The summed E-state index contributed by atoms with van der Waals surface area (Å²) in [4.78, 5) is 45.2. The molecule has 0 spiro atoms. The van der Waals surface area contributed by atoms with Crippen LogP contribution < -0.4 is 0 Å². The van der Waals surface area contributed by atoms with Gasteiger partial charge in [0.1, 0.15) is 11.1 Å². The van der Waals surface area contributed by atoms with E-state index in [2.05, 4.69) is 9.47 Å². The summed E-state index contributed by atoms with van der Waals surface area (Å²) in [5.41, 5.74) is -1.19. The van der Waals surface area contributed by atoms with E-state index in [1.54, 1.807) is 0 Å². The molecule has 0 amide bonds. The van der Waals surface area contributed by atoms with Gasteiger partial charge >= 0.3 is 11.9 Å². The predicted molar refractivity (Wildman–Crippen MR) is 50.2 cm³/mol. The average Bonchev–Trinajstić information content (AvgIpc) is 2.29. The molecule has 0 aliphatic heterocycles. The topological polar surface area (TPSA) is 86.7 Å². The molecular formula is C10H8O6. The molecule has 0 radical (unpaired) electrons. The third-order valence-electron chi connectivity index (χ3n) is 1.91. The standard InChI is InChI=1S/C10H8O6/c1-15-9(13)7-5(11)3-4-6(12)8(7)10(14)16-2/h3-4H,1-2H3. The fraction of sp³-hybridized carbons (Fsp3) is 0.200. The first kappa shape index (κ1) is 11.8. The Bertz CT molecular complexity index is 400. The summed E-state index contributed by atoms with van der Waals surface area (Å²) in [5, 5.41) is 0. The van der Waals surface area contributed by atoms with E-state index in [1.165, 1.54) is 0 Å². The van der Waals surface area contributed by atoms with Crippen LogP contribution in [0.25, 0.3) is 0 Å². The lowest BCUT2D eigenvalue weighted by molar-refractivity contribution is -0.141. The van der Waals surface area contributed by atoms with Gasteiger partial charge in [0.25, 0.3) is 0 Å². The van der Waals surface area contributed by atoms with Crippen molar-refractivity contribution in [3.8, 4) is 0 Å². The number of hydrogen-bond donors (Lipinski definition) is 0. The molecule has 1 aliphatic rings. The predicted octanol–water partition coefficient (Wildman–Crippen LogP) is -0.663. The van der Waals surface area contributed by atoms with Crippen LogP contribution >= 0.6 is 0 Å². The monoisotopic (exact) mass is 224 g/mol. The van der Waals surface area contributed by atoms with E-state index < -0.39 is 34.7 Å². The highest BCUT2D eigenvalue weighted by molar-refractivity contribution is 6.37. The van der Waals surface area contributed by atoms with Crippen LogP contribution in [0.2, 0.25) is 0 Å². The van der Waals surface area contributed by atoms with E-state index in [0.29, 0.717) is 0 Å². The summed E-state index contributed by atoms with van der Waals surface area (Å²) in [6, 6.07) is 0. The molecule has 0 saturated carbocycles. The minimum absolute atomic E-state index is 0.596. The van der Waals surface area contributed by atoms with Gasteiger partial charge in [0.2, 0.25) is 0 Å². The van der Waals surface area contributed by atoms with Crippen molar-refractivity contribution in [3.05, 3.63) is 23.3 Å². The van der Waals surface area contributed by atoms with E-state index in [-0.39, 0.29) is 0 Å². The van der Waals surface area contributed by atoms with Gasteiger partial charge in [-0.05, 0) is 12.2 Å². The number of ketones is 2. The maximum absolute atomic E-state index is 11.4. The molecule has 1 aliphatic carbocycles. The Hall–Kier alpha value is -2.24. The van der Waals surface area contributed by atoms with Crippen molar-refractivity contribution in [3.63, 3.8) is 0 Å². The number of hydrogen-bond acceptors (Lipinski definition) is 6. The highest BCUT2D eigenvalue weighted by atomic mass is 16.5. The normalized spacial score (nSPS) is 15.1. The lowest BCUT2D eigenvalue weighted by atomic mass is 9.95. The second kappa shape index (κ2) is 4.52. The third-order valence-corrected chi connectivity index (χ3v) is 1.91. The average molecular weight is 224 g/mol. The lowest BCUT2D eigenvalue weighted by Gasteiger charge is -2.10. The van der Waals surface area contributed by atoms with Gasteiger partial charge in [0.15, 0.2) is 11.6 Å². The second-order valence-electron chi connectivity index (χ2n) is 2.79. The lowest BCUT2D eigenvalue weighted by Crippen LogP contribution is -2.26. The van der Waals surface area contributed by atoms with Crippen LogP contribution in [0.5, 0.6) is 0 Å². The smallest absolute Gasteiger partial charge is 0.342 e. The summed E-state index contributed by atoms with van der Waals surface area (Å²) >= 11 is 0. The Morgan fingerprint density at radius 1 is 0.875 bits per heavy atom. The SMILES string of the molecule is COC(=O)C1=C(C(=O)OC)C(=O)C=CC1=O. The molecule has 0 atom stereocenters. The number of ether oxygens (including phenoxy) is 2. The Morgan fingerprint density at radius 2 is 1.19 bits per heavy atom. The quantitative estimate of drug-likeness (QED) is 0.351. The van der Waals surface area contributed by atoms with Gasteiger partial charge in [-0.1, -0.05) is 0 Å². The molecule has 0 fully saturated rings. The molecule has 0 saturated heterocycles. The van der Waals surface area contributed by atoms with Crippen LogP contribution in [0.3, 0.4) is 0 Å². The minimum Gasteiger partial charge on any atom is -0.465 e. The molecule has 1 rings (SSSR count). The number of allylic oxidation sites excluding steroid dienone is 2. The molecule has 0 bridgehead atoms. The van der Waals surface area contributed by atoms with Gasteiger partial charge in [-0.3, -0.25) is 9.59 Å². The molecule has 0 N–H and O–H groups in total. The number of methoxy groups -OCH3 is 2. The van der Waals surface area contributed by atoms with Gasteiger partial charge in [0, 0.05) is 0 Å². The van der Waals surface area contributed by atoms with Crippen molar-refractivity contribution >= 4 is 23.5 Å². The van der Waals surface area contributed by atoms with Crippen molar-refractivity contribution in [2.45, 2.75) is 0 Å². The second-order valence-corrected chi connectivity index (χ2v) is 2.79. The molecule has 0 unspecified atom stereocenters. The van der Waals surface area contributed by atoms with E-state index >= 15 is 0 Å². The van der Waals surface area contributed by atoms with Crippen molar-refractivity contribution in [2.24, 2.45) is 0 Å². The number of carbonyl (C=O) groups excluding carboxylic acids is 4. The van der Waals surface area contributed by atoms with E-state index in [0.717, 1.165) is 26.4 Å². The third kappa shape index (κ3) is 1.90. The van der Waals surface area contributed by atoms with E-state index in [9.17, 15) is 19.2 Å². The fourth-order valence-electron chi connectivity index (χ4n) is 1.17. The van der Waals surface area contributed by atoms with E-state index in [1.807, 2.05) is 0 Å². The Balaban J connectivity index is 3.37. The minimum atomic E-state index is -1.04. The van der Waals surface area contributed by atoms with Gasteiger partial charge < -0.3 is 9.47 Å². The maximum atomic E-state index is 11.4. The first-order chi connectivity index (χ1) is 7.52. The highest BCUT2D eigenvalue weighted by Gasteiger charge is 2.33. The van der Waals surface area contributed by atoms with Crippen LogP contribution in [0.4, 0.5) is 0 Å². The molecule has 0 aromatic rings. The molecular weight excluding hydrogens is 216 g/mol. The summed E-state index contributed by atoms with van der Waals surface area (Å²) in [6.07, 6.45) is 1.81. The molecule has 84 valence electrons. The first-order valence-corrected chi connectivity index (χ1v) is 4.20. The Labute approximate surface area is 90.5 Å². The zero-order valence-corrected chi connectivity index (χ0v) is 8.60. The van der Waals surface area contributed by atoms with Crippen molar-refractivity contribution < 1.29 is 28.7 Å². The fourth-order valence-corrected chi connectivity index (χ4v) is 1.17. The summed E-state index contributed by atoms with van der Waals surface area (Å²) < 4.78 is 8.64. The molecule has 0 aromatic carbocycles. The van der Waals surface area contributed by atoms with Crippen LogP contribution in [-0.2, 0) is 28.7 Å². The van der Waals surface area contributed by atoms with Gasteiger partial charge in [-0.25, -0.2) is 9.59 Å². The van der Waals surface area contributed by atoms with E-state index in [4.69, 9.17) is 0 Å². The summed E-state index contributed by atoms with van der Waals surface area (Å²) in [6.45, 7) is 0. The van der Waals surface area contributed by atoms with Crippen LogP contribution in [-0.4, -0.2) is 37.7 Å². The van der Waals surface area contributed by atoms with Crippen LogP contribution in [0.15, 0.2) is 23.3 Å². The summed E-state index contributed by atoms with van der Waals surface area (Å²) in [5.74, 6) is -3.59. The zero-order chi connectivity index (χ0) is 12.3. The van der Waals surface area contributed by atoms with Gasteiger partial charge in [-0.15, -0.1) is 0 Å². The number of rotatable bonds is 2. The van der Waals surface area contributed by atoms with Crippen molar-refractivity contribution in [1.82, 2.24) is 0 Å². The molecule has 0 aromatic heterocycles. The molecule has 6 nitrogen and oxygen atoms in total. The molecule has 6 heteroatoms. The molecule has 0 heterocycles.